The van der Waals surface area contributed by atoms with Gasteiger partial charge in [0.1, 0.15) is 0 Å². The number of nitrogens with one attached hydrogen (secondary N) is 1. The van der Waals surface area contributed by atoms with Gasteiger partial charge in [-0.1, -0.05) is 29.3 Å². The Kier molecular flexibility index (Phi) is 4.31. The van der Waals surface area contributed by atoms with Crippen LogP contribution in [0.3, 0.4) is 0 Å². The van der Waals surface area contributed by atoms with Crippen LogP contribution in [0.1, 0.15) is 18.0 Å². The van der Waals surface area contributed by atoms with E-state index in [1.165, 1.54) is 12.0 Å². The number of benzene rings is 1. The summed E-state index contributed by atoms with van der Waals surface area (Å²) in [4.78, 5) is 2.37. The van der Waals surface area contributed by atoms with Gasteiger partial charge in [-0.15, -0.1) is 0 Å². The van der Waals surface area contributed by atoms with E-state index >= 15 is 0 Å². The molecule has 0 aliphatic carbocycles. The maximum atomic E-state index is 6.31. The Labute approximate surface area is 113 Å². The van der Waals surface area contributed by atoms with E-state index in [0.29, 0.717) is 17.0 Å². The van der Waals surface area contributed by atoms with Crippen molar-refractivity contribution in [2.75, 3.05) is 27.2 Å². The summed E-state index contributed by atoms with van der Waals surface area (Å²) in [7, 11) is 4.16. The van der Waals surface area contributed by atoms with Crippen LogP contribution in [-0.4, -0.2) is 32.1 Å². The van der Waals surface area contributed by atoms with Gasteiger partial charge >= 0.3 is 0 Å². The molecule has 1 fully saturated rings. The van der Waals surface area contributed by atoms with Crippen LogP contribution in [0.2, 0.25) is 10.0 Å². The van der Waals surface area contributed by atoms with Crippen molar-refractivity contribution in [3.05, 3.63) is 33.8 Å². The Morgan fingerprint density at radius 3 is 2.82 bits per heavy atom. The van der Waals surface area contributed by atoms with Crippen molar-refractivity contribution in [2.45, 2.75) is 12.5 Å². The van der Waals surface area contributed by atoms with Crippen LogP contribution < -0.4 is 5.32 Å². The standard InChI is InChI=1S/C13H18Cl2N2/c1-16-8-9-5-6-17(2)13(9)11-4-3-10(14)7-12(11)15/h3-4,7,9,13,16H,5-6,8H2,1-2H3. The molecule has 2 nitrogen and oxygen atoms in total. The number of likely N-dealkylation sites (tertiary alicyclic amines) is 1. The minimum absolute atomic E-state index is 0.396. The first-order valence-corrected chi connectivity index (χ1v) is 6.69. The average Bonchev–Trinajstić information content (AvgIpc) is 2.62. The van der Waals surface area contributed by atoms with Crippen LogP contribution in [0.25, 0.3) is 0 Å². The molecular weight excluding hydrogens is 255 g/mol. The SMILES string of the molecule is CNCC1CCN(C)C1c1ccc(Cl)cc1Cl. The summed E-state index contributed by atoms with van der Waals surface area (Å²) in [5.41, 5.74) is 1.19. The zero-order chi connectivity index (χ0) is 12.4. The van der Waals surface area contributed by atoms with Crippen LogP contribution in [0.15, 0.2) is 18.2 Å². The largest absolute Gasteiger partial charge is 0.319 e. The van der Waals surface area contributed by atoms with Crippen LogP contribution in [-0.2, 0) is 0 Å². The molecule has 0 spiro atoms. The third-order valence-electron chi connectivity index (χ3n) is 3.52. The number of nitrogens with zero attached hydrogens (tertiary/aromatic N) is 1. The summed E-state index contributed by atoms with van der Waals surface area (Å²) < 4.78 is 0. The third-order valence-corrected chi connectivity index (χ3v) is 4.08. The maximum absolute atomic E-state index is 6.31. The molecule has 2 unspecified atom stereocenters. The molecule has 1 N–H and O–H groups in total. The van der Waals surface area contributed by atoms with Gasteiger partial charge < -0.3 is 5.32 Å². The lowest BCUT2D eigenvalue weighted by Gasteiger charge is -2.26. The second-order valence-corrected chi connectivity index (χ2v) is 5.54. The molecule has 4 heteroatoms. The summed E-state index contributed by atoms with van der Waals surface area (Å²) in [5.74, 6) is 0.615. The van der Waals surface area contributed by atoms with Crippen LogP contribution in [0, 0.1) is 5.92 Å². The van der Waals surface area contributed by atoms with Crippen molar-refractivity contribution in [1.82, 2.24) is 10.2 Å². The van der Waals surface area contributed by atoms with Gasteiger partial charge in [-0.2, -0.15) is 0 Å². The predicted molar refractivity (Wildman–Crippen MR) is 73.9 cm³/mol. The molecule has 0 amide bonds. The van der Waals surface area contributed by atoms with Crippen molar-refractivity contribution in [1.29, 1.82) is 0 Å². The first kappa shape index (κ1) is 13.2. The van der Waals surface area contributed by atoms with Crippen LogP contribution in [0.5, 0.6) is 0 Å². The summed E-state index contributed by atoms with van der Waals surface area (Å²) in [6.45, 7) is 2.14. The first-order valence-electron chi connectivity index (χ1n) is 5.93. The Morgan fingerprint density at radius 1 is 1.41 bits per heavy atom. The molecule has 1 aliphatic heterocycles. The lowest BCUT2D eigenvalue weighted by atomic mass is 9.93. The fourth-order valence-electron chi connectivity index (χ4n) is 2.73. The molecule has 1 aliphatic rings. The highest BCUT2D eigenvalue weighted by molar-refractivity contribution is 6.35. The van der Waals surface area contributed by atoms with E-state index in [9.17, 15) is 0 Å². The maximum Gasteiger partial charge on any atom is 0.0468 e. The highest BCUT2D eigenvalue weighted by Gasteiger charge is 2.33. The third kappa shape index (κ3) is 2.76. The van der Waals surface area contributed by atoms with Crippen molar-refractivity contribution < 1.29 is 0 Å². The van der Waals surface area contributed by atoms with Gasteiger partial charge in [-0.05, 0) is 57.2 Å². The Bertz CT molecular complexity index is 393. The molecule has 1 saturated heterocycles. The zero-order valence-corrected chi connectivity index (χ0v) is 11.7. The van der Waals surface area contributed by atoms with E-state index in [0.717, 1.165) is 18.1 Å². The van der Waals surface area contributed by atoms with Crippen LogP contribution in [0.4, 0.5) is 0 Å². The molecule has 1 aromatic rings. The minimum atomic E-state index is 0.396. The van der Waals surface area contributed by atoms with Crippen molar-refractivity contribution in [3.8, 4) is 0 Å². The second-order valence-electron chi connectivity index (χ2n) is 4.70. The zero-order valence-electron chi connectivity index (χ0n) is 10.2. The van der Waals surface area contributed by atoms with Gasteiger partial charge in [-0.3, -0.25) is 4.90 Å². The Balaban J connectivity index is 2.29. The van der Waals surface area contributed by atoms with E-state index in [1.807, 2.05) is 19.2 Å². The minimum Gasteiger partial charge on any atom is -0.319 e. The van der Waals surface area contributed by atoms with Gasteiger partial charge in [0.25, 0.3) is 0 Å². The fraction of sp³-hybridized carbons (Fsp3) is 0.538. The summed E-state index contributed by atoms with van der Waals surface area (Å²) in [6, 6.07) is 6.21. The van der Waals surface area contributed by atoms with E-state index < -0.39 is 0 Å². The van der Waals surface area contributed by atoms with Gasteiger partial charge in [0.05, 0.1) is 0 Å². The fourth-order valence-corrected chi connectivity index (χ4v) is 3.26. The van der Waals surface area contributed by atoms with E-state index in [4.69, 9.17) is 23.2 Å². The molecule has 0 radical (unpaired) electrons. The Hall–Kier alpha value is -0.280. The molecule has 2 rings (SSSR count). The van der Waals surface area contributed by atoms with Gasteiger partial charge in [0, 0.05) is 16.1 Å². The highest BCUT2D eigenvalue weighted by atomic mass is 35.5. The van der Waals surface area contributed by atoms with Crippen molar-refractivity contribution >= 4 is 23.2 Å². The number of halogens is 2. The molecule has 0 bridgehead atoms. The molecular formula is C13H18Cl2N2. The van der Waals surface area contributed by atoms with Crippen molar-refractivity contribution in [2.24, 2.45) is 5.92 Å². The van der Waals surface area contributed by atoms with Crippen LogP contribution >= 0.6 is 23.2 Å². The van der Waals surface area contributed by atoms with Gasteiger partial charge in [0.15, 0.2) is 0 Å². The molecule has 2 atom stereocenters. The number of hydrogen-bond acceptors (Lipinski definition) is 2. The lowest BCUT2D eigenvalue weighted by molar-refractivity contribution is 0.274. The summed E-state index contributed by atoms with van der Waals surface area (Å²) in [6.07, 6.45) is 1.21. The van der Waals surface area contributed by atoms with Gasteiger partial charge in [0.2, 0.25) is 0 Å². The lowest BCUT2D eigenvalue weighted by Crippen LogP contribution is -2.27. The average molecular weight is 273 g/mol. The second kappa shape index (κ2) is 5.57. The normalized spacial score (nSPS) is 25.4. The number of rotatable bonds is 3. The quantitative estimate of drug-likeness (QED) is 0.909. The van der Waals surface area contributed by atoms with E-state index in [2.05, 4.69) is 23.3 Å². The van der Waals surface area contributed by atoms with E-state index in [-0.39, 0.29) is 0 Å². The molecule has 1 aromatic carbocycles. The smallest absolute Gasteiger partial charge is 0.0468 e. The monoisotopic (exact) mass is 272 g/mol. The molecule has 17 heavy (non-hydrogen) atoms. The molecule has 0 saturated carbocycles. The molecule has 0 aromatic heterocycles. The van der Waals surface area contributed by atoms with Gasteiger partial charge in [-0.25, -0.2) is 0 Å². The van der Waals surface area contributed by atoms with Crippen molar-refractivity contribution in [3.63, 3.8) is 0 Å². The molecule has 1 heterocycles. The number of hydrogen-bond donors (Lipinski definition) is 1. The highest BCUT2D eigenvalue weighted by Crippen LogP contribution is 2.39. The predicted octanol–water partition coefficient (Wildman–Crippen LogP) is 3.21. The topological polar surface area (TPSA) is 15.3 Å². The summed E-state index contributed by atoms with van der Waals surface area (Å²) >= 11 is 12.3. The van der Waals surface area contributed by atoms with E-state index in [1.54, 1.807) is 0 Å². The Morgan fingerprint density at radius 2 is 2.18 bits per heavy atom. The summed E-state index contributed by atoms with van der Waals surface area (Å²) in [5, 5.41) is 4.74. The molecule has 94 valence electrons. The first-order chi connectivity index (χ1) is 8.13.